The van der Waals surface area contributed by atoms with Crippen molar-refractivity contribution in [1.82, 2.24) is 15.2 Å². The van der Waals surface area contributed by atoms with E-state index in [0.29, 0.717) is 0 Å². The molecule has 0 atom stereocenters. The van der Waals surface area contributed by atoms with E-state index in [4.69, 9.17) is 4.42 Å². The van der Waals surface area contributed by atoms with Crippen molar-refractivity contribution in [1.29, 1.82) is 0 Å². The highest BCUT2D eigenvalue weighted by atomic mass is 32.1. The third-order valence-corrected chi connectivity index (χ3v) is 4.71. The lowest BCUT2D eigenvalue weighted by Crippen LogP contribution is -2.45. The van der Waals surface area contributed by atoms with E-state index < -0.39 is 0 Å². The van der Waals surface area contributed by atoms with Crippen LogP contribution >= 0.6 is 11.3 Å². The average molecular weight is 306 g/mol. The second-order valence-electron chi connectivity index (χ2n) is 5.40. The van der Waals surface area contributed by atoms with Gasteiger partial charge in [-0.3, -0.25) is 4.90 Å². The molecule has 0 unspecified atom stereocenters. The number of thiazole rings is 1. The SMILES string of the molecule is CNCc1cc(CN2CCN(c3nccs3)CC2)oc1C. The second kappa shape index (κ2) is 6.60. The molecule has 1 N–H and O–H groups in total. The molecule has 0 amide bonds. The molecular weight excluding hydrogens is 284 g/mol. The van der Waals surface area contributed by atoms with Crippen LogP contribution in [-0.4, -0.2) is 43.1 Å². The second-order valence-corrected chi connectivity index (χ2v) is 6.28. The van der Waals surface area contributed by atoms with Crippen molar-refractivity contribution in [2.75, 3.05) is 38.1 Å². The normalized spacial score (nSPS) is 16.6. The zero-order valence-electron chi connectivity index (χ0n) is 12.6. The minimum atomic E-state index is 0.868. The van der Waals surface area contributed by atoms with Gasteiger partial charge in [0.1, 0.15) is 11.5 Å². The standard InChI is InChI=1S/C15H22N4OS/c1-12-13(10-16-2)9-14(20-12)11-18-4-6-19(7-5-18)15-17-3-8-21-15/h3,8-9,16H,4-7,10-11H2,1-2H3. The summed E-state index contributed by atoms with van der Waals surface area (Å²) in [7, 11) is 1.96. The third kappa shape index (κ3) is 3.45. The summed E-state index contributed by atoms with van der Waals surface area (Å²) >= 11 is 1.72. The minimum absolute atomic E-state index is 0.868. The van der Waals surface area contributed by atoms with E-state index in [1.165, 1.54) is 5.56 Å². The predicted molar refractivity (Wildman–Crippen MR) is 85.8 cm³/mol. The summed E-state index contributed by atoms with van der Waals surface area (Å²) in [4.78, 5) is 9.20. The molecule has 114 valence electrons. The summed E-state index contributed by atoms with van der Waals surface area (Å²) in [6, 6.07) is 2.18. The molecule has 6 heteroatoms. The van der Waals surface area contributed by atoms with E-state index in [1.807, 2.05) is 25.5 Å². The highest BCUT2D eigenvalue weighted by Crippen LogP contribution is 2.21. The van der Waals surface area contributed by atoms with Crippen molar-refractivity contribution >= 4 is 16.5 Å². The highest BCUT2D eigenvalue weighted by molar-refractivity contribution is 7.13. The maximum atomic E-state index is 5.86. The number of rotatable bonds is 5. The fourth-order valence-electron chi connectivity index (χ4n) is 2.72. The average Bonchev–Trinajstić information content (AvgIpc) is 3.11. The number of aromatic nitrogens is 1. The molecule has 21 heavy (non-hydrogen) atoms. The Labute approximate surface area is 129 Å². The lowest BCUT2D eigenvalue weighted by Gasteiger charge is -2.34. The predicted octanol–water partition coefficient (Wildman–Crippen LogP) is 2.09. The van der Waals surface area contributed by atoms with Crippen molar-refractivity contribution in [3.8, 4) is 0 Å². The molecule has 0 aliphatic carbocycles. The lowest BCUT2D eigenvalue weighted by molar-refractivity contribution is 0.229. The summed E-state index contributed by atoms with van der Waals surface area (Å²) in [6.45, 7) is 7.99. The molecule has 3 rings (SSSR count). The van der Waals surface area contributed by atoms with Crippen molar-refractivity contribution in [3.05, 3.63) is 34.7 Å². The topological polar surface area (TPSA) is 44.5 Å². The molecule has 1 aliphatic rings. The van der Waals surface area contributed by atoms with Crippen LogP contribution in [0.25, 0.3) is 0 Å². The molecule has 2 aromatic heterocycles. The molecule has 0 saturated carbocycles. The molecule has 1 fully saturated rings. The monoisotopic (exact) mass is 306 g/mol. The van der Waals surface area contributed by atoms with Gasteiger partial charge in [0.25, 0.3) is 0 Å². The van der Waals surface area contributed by atoms with E-state index in [0.717, 1.165) is 55.9 Å². The third-order valence-electron chi connectivity index (χ3n) is 3.88. The Morgan fingerprint density at radius 2 is 2.14 bits per heavy atom. The Morgan fingerprint density at radius 3 is 2.81 bits per heavy atom. The molecule has 0 aromatic carbocycles. The fraction of sp³-hybridized carbons (Fsp3) is 0.533. The maximum Gasteiger partial charge on any atom is 0.185 e. The van der Waals surface area contributed by atoms with Gasteiger partial charge >= 0.3 is 0 Å². The first-order valence-electron chi connectivity index (χ1n) is 7.36. The van der Waals surface area contributed by atoms with Crippen molar-refractivity contribution < 1.29 is 4.42 Å². The van der Waals surface area contributed by atoms with Crippen molar-refractivity contribution in [2.24, 2.45) is 0 Å². The molecule has 5 nitrogen and oxygen atoms in total. The van der Waals surface area contributed by atoms with Gasteiger partial charge in [0, 0.05) is 49.9 Å². The van der Waals surface area contributed by atoms with E-state index >= 15 is 0 Å². The molecule has 2 aromatic rings. The van der Waals surface area contributed by atoms with Gasteiger partial charge in [-0.25, -0.2) is 4.98 Å². The first-order valence-corrected chi connectivity index (χ1v) is 8.24. The van der Waals surface area contributed by atoms with Crippen LogP contribution in [0.4, 0.5) is 5.13 Å². The summed E-state index contributed by atoms with van der Waals surface area (Å²) in [5, 5.41) is 6.35. The smallest absolute Gasteiger partial charge is 0.185 e. The van der Waals surface area contributed by atoms with Gasteiger partial charge in [-0.1, -0.05) is 0 Å². The van der Waals surface area contributed by atoms with Crippen LogP contribution in [0.5, 0.6) is 0 Å². The number of hydrogen-bond donors (Lipinski definition) is 1. The summed E-state index contributed by atoms with van der Waals surface area (Å²) in [5.74, 6) is 2.10. The number of anilines is 1. The van der Waals surface area contributed by atoms with Crippen molar-refractivity contribution in [3.63, 3.8) is 0 Å². The zero-order valence-corrected chi connectivity index (χ0v) is 13.4. The highest BCUT2D eigenvalue weighted by Gasteiger charge is 2.20. The number of nitrogens with zero attached hydrogens (tertiary/aromatic N) is 3. The zero-order chi connectivity index (χ0) is 14.7. The quantitative estimate of drug-likeness (QED) is 0.916. The molecule has 3 heterocycles. The van der Waals surface area contributed by atoms with Gasteiger partial charge in [0.15, 0.2) is 5.13 Å². The van der Waals surface area contributed by atoms with E-state index in [1.54, 1.807) is 11.3 Å². The van der Waals surface area contributed by atoms with E-state index in [2.05, 4.69) is 26.2 Å². The van der Waals surface area contributed by atoms with Crippen LogP contribution in [0.2, 0.25) is 0 Å². The first kappa shape index (κ1) is 14.6. The number of furan rings is 1. The van der Waals surface area contributed by atoms with Gasteiger partial charge in [0.05, 0.1) is 6.54 Å². The lowest BCUT2D eigenvalue weighted by atomic mass is 10.2. The first-order chi connectivity index (χ1) is 10.3. The van der Waals surface area contributed by atoms with Crippen LogP contribution in [0.1, 0.15) is 17.1 Å². The molecular formula is C15H22N4OS. The number of nitrogens with one attached hydrogen (secondary N) is 1. The van der Waals surface area contributed by atoms with Gasteiger partial charge in [0.2, 0.25) is 0 Å². The Morgan fingerprint density at radius 1 is 1.33 bits per heavy atom. The molecule has 0 radical (unpaired) electrons. The van der Waals surface area contributed by atoms with Gasteiger partial charge in [-0.15, -0.1) is 11.3 Å². The van der Waals surface area contributed by atoms with Crippen molar-refractivity contribution in [2.45, 2.75) is 20.0 Å². The largest absolute Gasteiger partial charge is 0.465 e. The van der Waals surface area contributed by atoms with Crippen LogP contribution in [-0.2, 0) is 13.1 Å². The summed E-state index contributed by atoms with van der Waals surface area (Å²) in [6.07, 6.45) is 1.88. The van der Waals surface area contributed by atoms with E-state index in [9.17, 15) is 0 Å². The van der Waals surface area contributed by atoms with E-state index in [-0.39, 0.29) is 0 Å². The Balaban J connectivity index is 1.54. The van der Waals surface area contributed by atoms with Gasteiger partial charge in [-0.2, -0.15) is 0 Å². The minimum Gasteiger partial charge on any atom is -0.465 e. The van der Waals surface area contributed by atoms with Crippen LogP contribution in [0.3, 0.4) is 0 Å². The molecule has 1 saturated heterocycles. The summed E-state index contributed by atoms with van der Waals surface area (Å²) < 4.78 is 5.86. The molecule has 0 bridgehead atoms. The van der Waals surface area contributed by atoms with Gasteiger partial charge in [-0.05, 0) is 20.0 Å². The number of piperazine rings is 1. The number of aryl methyl sites for hydroxylation is 1. The molecule has 0 spiro atoms. The Bertz CT molecular complexity index is 558. The maximum absolute atomic E-state index is 5.86. The Kier molecular flexibility index (Phi) is 4.57. The summed E-state index contributed by atoms with van der Waals surface area (Å²) in [5.41, 5.74) is 1.26. The van der Waals surface area contributed by atoms with Gasteiger partial charge < -0.3 is 14.6 Å². The Hall–Kier alpha value is -1.37. The fourth-order valence-corrected chi connectivity index (χ4v) is 3.42. The van der Waals surface area contributed by atoms with Crippen LogP contribution in [0, 0.1) is 6.92 Å². The van der Waals surface area contributed by atoms with Crippen LogP contribution in [0.15, 0.2) is 22.1 Å². The molecule has 1 aliphatic heterocycles. The number of hydrogen-bond acceptors (Lipinski definition) is 6. The van der Waals surface area contributed by atoms with Crippen LogP contribution < -0.4 is 10.2 Å².